The second-order valence-corrected chi connectivity index (χ2v) is 8.06. The predicted molar refractivity (Wildman–Crippen MR) is 126 cm³/mol. The zero-order valence-corrected chi connectivity index (χ0v) is 18.9. The lowest BCUT2D eigenvalue weighted by Crippen LogP contribution is -2.05. The molecule has 162 valence electrons. The van der Waals surface area contributed by atoms with Crippen molar-refractivity contribution in [1.82, 2.24) is 14.8 Å². The summed E-state index contributed by atoms with van der Waals surface area (Å²) < 4.78 is 12.8. The first-order valence-corrected chi connectivity index (χ1v) is 11.0. The molecule has 1 aromatic heterocycles. The highest BCUT2D eigenvalue weighted by molar-refractivity contribution is 7.99. The number of aromatic nitrogens is 3. The Morgan fingerprint density at radius 1 is 0.906 bits per heavy atom. The van der Waals surface area contributed by atoms with E-state index in [1.165, 1.54) is 11.8 Å². The third-order valence-electron chi connectivity index (χ3n) is 5.02. The number of thioether (sulfide) groups is 1. The fourth-order valence-corrected chi connectivity index (χ4v) is 4.13. The molecule has 0 N–H and O–H groups in total. The van der Waals surface area contributed by atoms with Crippen LogP contribution in [0, 0.1) is 6.92 Å². The van der Waals surface area contributed by atoms with Crippen LogP contribution in [-0.4, -0.2) is 40.5 Å². The van der Waals surface area contributed by atoms with E-state index >= 15 is 0 Å². The third-order valence-corrected chi connectivity index (χ3v) is 5.95. The first-order valence-electron chi connectivity index (χ1n) is 10.1. The average molecular weight is 446 g/mol. The molecule has 0 bridgehead atoms. The van der Waals surface area contributed by atoms with Gasteiger partial charge in [-0.3, -0.25) is 9.36 Å². The molecule has 0 aliphatic rings. The summed E-state index contributed by atoms with van der Waals surface area (Å²) >= 11 is 1.36. The minimum Gasteiger partial charge on any atom is -0.497 e. The summed E-state index contributed by atoms with van der Waals surface area (Å²) in [7, 11) is 3.26. The minimum absolute atomic E-state index is 0.0399. The molecule has 0 fully saturated rings. The Morgan fingerprint density at radius 3 is 2.31 bits per heavy atom. The van der Waals surface area contributed by atoms with Crippen molar-refractivity contribution in [3.8, 4) is 28.6 Å². The topological polar surface area (TPSA) is 66.2 Å². The van der Waals surface area contributed by atoms with Crippen molar-refractivity contribution in [2.24, 2.45) is 0 Å². The van der Waals surface area contributed by atoms with Crippen LogP contribution in [0.2, 0.25) is 0 Å². The van der Waals surface area contributed by atoms with Crippen LogP contribution in [0.25, 0.3) is 17.1 Å². The van der Waals surface area contributed by atoms with Crippen LogP contribution in [0.1, 0.15) is 15.9 Å². The van der Waals surface area contributed by atoms with Crippen molar-refractivity contribution < 1.29 is 14.3 Å². The number of para-hydroxylation sites is 1. The van der Waals surface area contributed by atoms with Gasteiger partial charge in [-0.15, -0.1) is 10.2 Å². The van der Waals surface area contributed by atoms with Gasteiger partial charge in [-0.1, -0.05) is 53.7 Å². The van der Waals surface area contributed by atoms with E-state index in [4.69, 9.17) is 9.47 Å². The Labute approximate surface area is 191 Å². The molecule has 0 unspecified atom stereocenters. The van der Waals surface area contributed by atoms with E-state index in [0.29, 0.717) is 22.3 Å². The maximum absolute atomic E-state index is 12.7. The summed E-state index contributed by atoms with van der Waals surface area (Å²) in [6.45, 7) is 2.00. The van der Waals surface area contributed by atoms with Crippen molar-refractivity contribution in [3.63, 3.8) is 0 Å². The van der Waals surface area contributed by atoms with Crippen molar-refractivity contribution in [1.29, 1.82) is 0 Å². The van der Waals surface area contributed by atoms with E-state index in [1.54, 1.807) is 14.2 Å². The fraction of sp³-hybridized carbons (Fsp3) is 0.160. The van der Waals surface area contributed by atoms with Crippen molar-refractivity contribution >= 4 is 17.5 Å². The van der Waals surface area contributed by atoms with Gasteiger partial charge in [0.1, 0.15) is 11.5 Å². The molecule has 0 amide bonds. The number of carbonyl (C=O) groups is 1. The summed E-state index contributed by atoms with van der Waals surface area (Å²) in [6.07, 6.45) is 0. The molecule has 0 atom stereocenters. The summed E-state index contributed by atoms with van der Waals surface area (Å²) in [6, 6.07) is 22.9. The van der Waals surface area contributed by atoms with Crippen molar-refractivity contribution in [2.75, 3.05) is 20.0 Å². The summed E-state index contributed by atoms with van der Waals surface area (Å²) in [4.78, 5) is 12.7. The van der Waals surface area contributed by atoms with Gasteiger partial charge >= 0.3 is 0 Å². The first kappa shape index (κ1) is 21.6. The standard InChI is InChI=1S/C25H23N3O3S/c1-17-8-10-18(11-9-17)22(29)16-32-25-27-26-24(21-6-4-5-7-23(21)31-3)28(25)19-12-14-20(30-2)15-13-19/h4-15H,16H2,1-3H3. The van der Waals surface area contributed by atoms with Crippen molar-refractivity contribution in [3.05, 3.63) is 83.9 Å². The average Bonchev–Trinajstić information content (AvgIpc) is 3.26. The quantitative estimate of drug-likeness (QED) is 0.273. The fourth-order valence-electron chi connectivity index (χ4n) is 3.28. The number of ketones is 1. The lowest BCUT2D eigenvalue weighted by atomic mass is 10.1. The molecule has 7 heteroatoms. The van der Waals surface area contributed by atoms with Crippen LogP contribution in [0.15, 0.2) is 78.0 Å². The molecule has 0 radical (unpaired) electrons. The smallest absolute Gasteiger partial charge is 0.196 e. The Hall–Kier alpha value is -3.58. The van der Waals surface area contributed by atoms with Gasteiger partial charge in [0.05, 0.1) is 31.2 Å². The number of benzene rings is 3. The highest BCUT2D eigenvalue weighted by atomic mass is 32.2. The Bertz CT molecular complexity index is 1220. The number of hydrogen-bond donors (Lipinski definition) is 0. The van der Waals surface area contributed by atoms with Crippen LogP contribution in [-0.2, 0) is 0 Å². The molecule has 0 aliphatic heterocycles. The lowest BCUT2D eigenvalue weighted by Gasteiger charge is -2.13. The lowest BCUT2D eigenvalue weighted by molar-refractivity contribution is 0.102. The highest BCUT2D eigenvalue weighted by Gasteiger charge is 2.20. The van der Waals surface area contributed by atoms with Gasteiger partial charge in [-0.25, -0.2) is 0 Å². The van der Waals surface area contributed by atoms with E-state index in [9.17, 15) is 4.79 Å². The second-order valence-electron chi connectivity index (χ2n) is 7.12. The van der Waals surface area contributed by atoms with Gasteiger partial charge in [0.2, 0.25) is 0 Å². The van der Waals surface area contributed by atoms with E-state index in [1.807, 2.05) is 84.3 Å². The maximum Gasteiger partial charge on any atom is 0.196 e. The van der Waals surface area contributed by atoms with Gasteiger partial charge in [0.25, 0.3) is 0 Å². The van der Waals surface area contributed by atoms with Gasteiger partial charge in [-0.2, -0.15) is 0 Å². The van der Waals surface area contributed by atoms with Crippen LogP contribution in [0.3, 0.4) is 0 Å². The van der Waals surface area contributed by atoms with Gasteiger partial charge < -0.3 is 9.47 Å². The Morgan fingerprint density at radius 2 is 1.62 bits per heavy atom. The minimum atomic E-state index is 0.0399. The van der Waals surface area contributed by atoms with E-state index in [0.717, 1.165) is 22.6 Å². The van der Waals surface area contributed by atoms with E-state index in [-0.39, 0.29) is 11.5 Å². The molecular weight excluding hydrogens is 422 g/mol. The SMILES string of the molecule is COc1ccc(-n2c(SCC(=O)c3ccc(C)cc3)nnc2-c2ccccc2OC)cc1. The van der Waals surface area contributed by atoms with Crippen LogP contribution in [0.4, 0.5) is 0 Å². The Balaban J connectivity index is 1.71. The van der Waals surface area contributed by atoms with Gasteiger partial charge in [-0.05, 0) is 43.3 Å². The molecule has 4 aromatic rings. The Kier molecular flexibility index (Phi) is 6.56. The molecule has 32 heavy (non-hydrogen) atoms. The van der Waals surface area contributed by atoms with E-state index < -0.39 is 0 Å². The summed E-state index contributed by atoms with van der Waals surface area (Å²) in [5, 5.41) is 9.47. The number of ether oxygens (including phenoxy) is 2. The molecule has 1 heterocycles. The molecule has 0 spiro atoms. The largest absolute Gasteiger partial charge is 0.497 e. The zero-order chi connectivity index (χ0) is 22.5. The number of nitrogens with zero attached hydrogens (tertiary/aromatic N) is 3. The molecule has 4 rings (SSSR count). The van der Waals surface area contributed by atoms with E-state index in [2.05, 4.69) is 10.2 Å². The molecule has 3 aromatic carbocycles. The van der Waals surface area contributed by atoms with Gasteiger partial charge in [0.15, 0.2) is 16.8 Å². The molecule has 0 saturated heterocycles. The molecule has 6 nitrogen and oxygen atoms in total. The normalized spacial score (nSPS) is 10.7. The number of aryl methyl sites for hydroxylation is 1. The number of methoxy groups -OCH3 is 2. The second kappa shape index (κ2) is 9.70. The number of rotatable bonds is 8. The van der Waals surface area contributed by atoms with Crippen LogP contribution in [0.5, 0.6) is 11.5 Å². The van der Waals surface area contributed by atoms with Crippen LogP contribution >= 0.6 is 11.8 Å². The van der Waals surface area contributed by atoms with Crippen LogP contribution < -0.4 is 9.47 Å². The summed E-state index contributed by atoms with van der Waals surface area (Å²) in [5.41, 5.74) is 3.48. The predicted octanol–water partition coefficient (Wildman–Crippen LogP) is 5.23. The highest BCUT2D eigenvalue weighted by Crippen LogP contribution is 2.33. The maximum atomic E-state index is 12.7. The monoisotopic (exact) mass is 445 g/mol. The van der Waals surface area contributed by atoms with Gasteiger partial charge in [0, 0.05) is 5.56 Å². The number of hydrogen-bond acceptors (Lipinski definition) is 6. The van der Waals surface area contributed by atoms with Crippen molar-refractivity contribution in [2.45, 2.75) is 12.1 Å². The zero-order valence-electron chi connectivity index (χ0n) is 18.1. The number of carbonyl (C=O) groups excluding carboxylic acids is 1. The summed E-state index contributed by atoms with van der Waals surface area (Å²) in [5.74, 6) is 2.38. The number of Topliss-reactive ketones (excluding diaryl/α,β-unsaturated/α-hetero) is 1. The molecular formula is C25H23N3O3S. The molecule has 0 aliphatic carbocycles. The first-order chi connectivity index (χ1) is 15.6. The third kappa shape index (κ3) is 4.53. The molecule has 0 saturated carbocycles.